The lowest BCUT2D eigenvalue weighted by Gasteiger charge is -2.08. The zero-order valence-corrected chi connectivity index (χ0v) is 10.8. The van der Waals surface area contributed by atoms with Crippen LogP contribution in [0, 0.1) is 6.92 Å². The third-order valence-electron chi connectivity index (χ3n) is 2.47. The van der Waals surface area contributed by atoms with Crippen LogP contribution >= 0.6 is 15.9 Å². The highest BCUT2D eigenvalue weighted by Crippen LogP contribution is 2.24. The van der Waals surface area contributed by atoms with Gasteiger partial charge in [0.2, 0.25) is 0 Å². The molecule has 1 heterocycles. The molecule has 3 nitrogen and oxygen atoms in total. The number of rotatable bonds is 3. The summed E-state index contributed by atoms with van der Waals surface area (Å²) in [5, 5.41) is 0. The molecule has 1 aromatic carbocycles. The van der Waals surface area contributed by atoms with Gasteiger partial charge in [0.25, 0.3) is 0 Å². The molecule has 0 atom stereocenters. The van der Waals surface area contributed by atoms with Crippen molar-refractivity contribution in [3.63, 3.8) is 0 Å². The second-order valence-corrected chi connectivity index (χ2v) is 4.42. The zero-order chi connectivity index (χ0) is 11.5. The van der Waals surface area contributed by atoms with Gasteiger partial charge in [0.1, 0.15) is 10.4 Å². The van der Waals surface area contributed by atoms with Crippen molar-refractivity contribution in [1.29, 1.82) is 0 Å². The van der Waals surface area contributed by atoms with E-state index in [0.29, 0.717) is 0 Å². The van der Waals surface area contributed by atoms with Crippen molar-refractivity contribution in [2.45, 2.75) is 13.3 Å². The van der Waals surface area contributed by atoms with E-state index >= 15 is 0 Å². The Balaban J connectivity index is 2.33. The molecule has 0 saturated carbocycles. The van der Waals surface area contributed by atoms with Crippen LogP contribution in [0.3, 0.4) is 0 Å². The molecule has 0 spiro atoms. The number of aromatic amines is 1. The van der Waals surface area contributed by atoms with E-state index in [1.807, 2.05) is 12.1 Å². The average Bonchev–Trinajstić information content (AvgIpc) is 2.65. The summed E-state index contributed by atoms with van der Waals surface area (Å²) in [6.07, 6.45) is 2.47. The topological polar surface area (TPSA) is 37.9 Å². The molecule has 0 radical (unpaired) electrons. The molecule has 84 valence electrons. The molecule has 0 fully saturated rings. The van der Waals surface area contributed by atoms with Crippen molar-refractivity contribution in [3.05, 3.63) is 46.0 Å². The van der Waals surface area contributed by atoms with Crippen LogP contribution in [-0.2, 0) is 6.42 Å². The maximum atomic E-state index is 5.34. The summed E-state index contributed by atoms with van der Waals surface area (Å²) < 4.78 is 6.20. The van der Waals surface area contributed by atoms with E-state index in [1.165, 1.54) is 5.56 Å². The summed E-state index contributed by atoms with van der Waals surface area (Å²) in [6, 6.07) is 6.17. The number of hydrogen-bond donors (Lipinski definition) is 1. The molecule has 1 N–H and O–H groups in total. The molecular weight excluding hydrogens is 268 g/mol. The predicted molar refractivity (Wildman–Crippen MR) is 66.8 cm³/mol. The summed E-state index contributed by atoms with van der Waals surface area (Å²) in [7, 11) is 1.69. The van der Waals surface area contributed by atoms with Crippen LogP contribution in [-0.4, -0.2) is 17.1 Å². The molecule has 0 aliphatic rings. The highest BCUT2D eigenvalue weighted by molar-refractivity contribution is 9.10. The van der Waals surface area contributed by atoms with Gasteiger partial charge in [-0.15, -0.1) is 0 Å². The normalized spacial score (nSPS) is 10.4. The maximum absolute atomic E-state index is 5.34. The van der Waals surface area contributed by atoms with Crippen LogP contribution in [0.15, 0.2) is 29.1 Å². The highest BCUT2D eigenvalue weighted by Gasteiger charge is 2.08. The Morgan fingerprint density at radius 3 is 2.88 bits per heavy atom. The number of benzene rings is 1. The monoisotopic (exact) mass is 280 g/mol. The van der Waals surface area contributed by atoms with Gasteiger partial charge in [-0.05, 0) is 28.9 Å². The first-order valence-corrected chi connectivity index (χ1v) is 5.81. The van der Waals surface area contributed by atoms with Gasteiger partial charge in [-0.3, -0.25) is 0 Å². The Labute approximate surface area is 103 Å². The summed E-state index contributed by atoms with van der Waals surface area (Å²) in [5.74, 6) is 0.909. The van der Waals surface area contributed by atoms with Crippen molar-refractivity contribution < 1.29 is 4.74 Å². The SMILES string of the molecule is COc1ccc(C)cc1Cc1[nH]cnc1Br. The number of aryl methyl sites for hydroxylation is 1. The number of methoxy groups -OCH3 is 1. The number of ether oxygens (including phenoxy) is 1. The molecule has 2 aromatic rings. The molecule has 0 bridgehead atoms. The van der Waals surface area contributed by atoms with E-state index in [1.54, 1.807) is 13.4 Å². The van der Waals surface area contributed by atoms with Gasteiger partial charge in [0.05, 0.1) is 19.1 Å². The van der Waals surface area contributed by atoms with Crippen LogP contribution in [0.4, 0.5) is 0 Å². The van der Waals surface area contributed by atoms with E-state index < -0.39 is 0 Å². The molecule has 0 saturated heterocycles. The summed E-state index contributed by atoms with van der Waals surface area (Å²) >= 11 is 3.41. The number of nitrogens with one attached hydrogen (secondary N) is 1. The Morgan fingerprint density at radius 1 is 1.44 bits per heavy atom. The Hall–Kier alpha value is -1.29. The number of aromatic nitrogens is 2. The van der Waals surface area contributed by atoms with Crippen molar-refractivity contribution in [1.82, 2.24) is 9.97 Å². The van der Waals surface area contributed by atoms with Gasteiger partial charge in [0.15, 0.2) is 0 Å². The first-order chi connectivity index (χ1) is 7.70. The molecule has 4 heteroatoms. The van der Waals surface area contributed by atoms with Crippen LogP contribution in [0.5, 0.6) is 5.75 Å². The number of nitrogens with zero attached hydrogens (tertiary/aromatic N) is 1. The predicted octanol–water partition coefficient (Wildman–Crippen LogP) is 3.08. The largest absolute Gasteiger partial charge is 0.496 e. The van der Waals surface area contributed by atoms with E-state index in [-0.39, 0.29) is 0 Å². The number of hydrogen-bond acceptors (Lipinski definition) is 2. The fraction of sp³-hybridized carbons (Fsp3) is 0.250. The van der Waals surface area contributed by atoms with Crippen LogP contribution in [0.2, 0.25) is 0 Å². The van der Waals surface area contributed by atoms with E-state index in [9.17, 15) is 0 Å². The van der Waals surface area contributed by atoms with Crippen molar-refractivity contribution in [3.8, 4) is 5.75 Å². The highest BCUT2D eigenvalue weighted by atomic mass is 79.9. The Kier molecular flexibility index (Phi) is 3.29. The second-order valence-electron chi connectivity index (χ2n) is 3.66. The fourth-order valence-electron chi connectivity index (χ4n) is 1.66. The maximum Gasteiger partial charge on any atom is 0.127 e. The van der Waals surface area contributed by atoms with E-state index in [0.717, 1.165) is 28.0 Å². The molecule has 0 aliphatic heterocycles. The number of imidazole rings is 1. The zero-order valence-electron chi connectivity index (χ0n) is 9.25. The minimum absolute atomic E-state index is 0.783. The lowest BCUT2D eigenvalue weighted by atomic mass is 10.1. The molecule has 2 rings (SSSR count). The Bertz CT molecular complexity index is 494. The van der Waals surface area contributed by atoms with Gasteiger partial charge >= 0.3 is 0 Å². The molecule has 0 unspecified atom stereocenters. The standard InChI is InChI=1S/C12H13BrN2O/c1-8-3-4-11(16-2)9(5-8)6-10-12(13)15-7-14-10/h3-5,7H,6H2,1-2H3,(H,14,15). The fourth-order valence-corrected chi connectivity index (χ4v) is 2.02. The van der Waals surface area contributed by atoms with Gasteiger partial charge in [0, 0.05) is 12.0 Å². The summed E-state index contributed by atoms with van der Waals surface area (Å²) in [4.78, 5) is 7.22. The Morgan fingerprint density at radius 2 is 2.25 bits per heavy atom. The first kappa shape index (κ1) is 11.2. The molecule has 0 amide bonds. The lowest BCUT2D eigenvalue weighted by Crippen LogP contribution is -1.95. The van der Waals surface area contributed by atoms with Gasteiger partial charge < -0.3 is 9.72 Å². The van der Waals surface area contributed by atoms with Crippen molar-refractivity contribution in [2.24, 2.45) is 0 Å². The number of H-pyrrole nitrogens is 1. The van der Waals surface area contributed by atoms with Crippen molar-refractivity contribution >= 4 is 15.9 Å². The number of halogens is 1. The van der Waals surface area contributed by atoms with E-state index in [4.69, 9.17) is 4.74 Å². The molecular formula is C12H13BrN2O. The molecule has 1 aromatic heterocycles. The van der Waals surface area contributed by atoms with Crippen molar-refractivity contribution in [2.75, 3.05) is 7.11 Å². The third kappa shape index (κ3) is 2.27. The van der Waals surface area contributed by atoms with Gasteiger partial charge in [-0.2, -0.15) is 0 Å². The quantitative estimate of drug-likeness (QED) is 0.938. The second kappa shape index (κ2) is 4.70. The first-order valence-electron chi connectivity index (χ1n) is 5.02. The van der Waals surface area contributed by atoms with Crippen LogP contribution < -0.4 is 4.74 Å². The van der Waals surface area contributed by atoms with E-state index in [2.05, 4.69) is 38.9 Å². The van der Waals surface area contributed by atoms with Gasteiger partial charge in [-0.25, -0.2) is 4.98 Å². The minimum atomic E-state index is 0.783. The van der Waals surface area contributed by atoms with Crippen LogP contribution in [0.25, 0.3) is 0 Å². The average molecular weight is 281 g/mol. The van der Waals surface area contributed by atoms with Gasteiger partial charge in [-0.1, -0.05) is 17.7 Å². The summed E-state index contributed by atoms with van der Waals surface area (Å²) in [5.41, 5.74) is 3.45. The molecule has 16 heavy (non-hydrogen) atoms. The lowest BCUT2D eigenvalue weighted by molar-refractivity contribution is 0.410. The molecule has 0 aliphatic carbocycles. The minimum Gasteiger partial charge on any atom is -0.496 e. The van der Waals surface area contributed by atoms with Crippen LogP contribution in [0.1, 0.15) is 16.8 Å². The third-order valence-corrected chi connectivity index (χ3v) is 3.15. The summed E-state index contributed by atoms with van der Waals surface area (Å²) in [6.45, 7) is 2.07. The smallest absolute Gasteiger partial charge is 0.127 e.